The second-order valence-corrected chi connectivity index (χ2v) is 10.7. The van der Waals surface area contributed by atoms with Crippen molar-refractivity contribution in [3.63, 3.8) is 0 Å². The van der Waals surface area contributed by atoms with Crippen LogP contribution in [0.4, 0.5) is 5.69 Å². The number of hydrogen-bond donors (Lipinski definition) is 1. The number of carbonyl (C=O) groups excluding carboxylic acids is 2. The van der Waals surface area contributed by atoms with E-state index in [9.17, 15) is 18.0 Å². The summed E-state index contributed by atoms with van der Waals surface area (Å²) < 4.78 is 26.8. The van der Waals surface area contributed by atoms with Crippen molar-refractivity contribution in [1.29, 1.82) is 0 Å². The van der Waals surface area contributed by atoms with E-state index >= 15 is 0 Å². The predicted octanol–water partition coefficient (Wildman–Crippen LogP) is 3.34. The van der Waals surface area contributed by atoms with Crippen LogP contribution in [0.2, 0.25) is 0 Å². The first-order valence-corrected chi connectivity index (χ1v) is 13.0. The van der Waals surface area contributed by atoms with Gasteiger partial charge < -0.3 is 10.2 Å². The van der Waals surface area contributed by atoms with E-state index in [1.807, 2.05) is 30.3 Å². The van der Waals surface area contributed by atoms with Crippen LogP contribution in [0.3, 0.4) is 0 Å². The van der Waals surface area contributed by atoms with E-state index in [1.165, 1.54) is 16.4 Å². The molecule has 2 fully saturated rings. The van der Waals surface area contributed by atoms with E-state index in [-0.39, 0.29) is 29.2 Å². The van der Waals surface area contributed by atoms with Gasteiger partial charge in [0.15, 0.2) is 0 Å². The summed E-state index contributed by atoms with van der Waals surface area (Å²) in [5.74, 6) is -0.212. The lowest BCUT2D eigenvalue weighted by Crippen LogP contribution is -2.36. The number of nitrogens with zero attached hydrogens (tertiary/aromatic N) is 2. The molecule has 0 radical (unpaired) electrons. The lowest BCUT2D eigenvalue weighted by Gasteiger charge is -2.22. The van der Waals surface area contributed by atoms with Gasteiger partial charge in [-0.3, -0.25) is 9.59 Å². The van der Waals surface area contributed by atoms with Gasteiger partial charge in [0, 0.05) is 31.7 Å². The number of anilines is 1. The molecular weight excluding hydrogens is 438 g/mol. The van der Waals surface area contributed by atoms with Crippen molar-refractivity contribution in [1.82, 2.24) is 9.62 Å². The topological polar surface area (TPSA) is 86.8 Å². The number of hydrogen-bond acceptors (Lipinski definition) is 4. The minimum absolute atomic E-state index is 0.0209. The highest BCUT2D eigenvalue weighted by atomic mass is 32.2. The molecule has 2 aromatic carbocycles. The van der Waals surface area contributed by atoms with Crippen LogP contribution < -0.4 is 10.2 Å². The molecule has 2 atom stereocenters. The van der Waals surface area contributed by atoms with Crippen molar-refractivity contribution in [2.75, 3.05) is 24.5 Å². The lowest BCUT2D eigenvalue weighted by atomic mass is 10.0. The van der Waals surface area contributed by atoms with Gasteiger partial charge >= 0.3 is 0 Å². The minimum atomic E-state index is -3.56. The molecule has 0 aromatic heterocycles. The summed E-state index contributed by atoms with van der Waals surface area (Å²) in [4.78, 5) is 27.5. The molecular formula is C25H31N3O4S. The number of benzene rings is 2. The monoisotopic (exact) mass is 469 g/mol. The van der Waals surface area contributed by atoms with Gasteiger partial charge in [-0.15, -0.1) is 0 Å². The lowest BCUT2D eigenvalue weighted by molar-refractivity contribution is -0.127. The Balaban J connectivity index is 1.44. The summed E-state index contributed by atoms with van der Waals surface area (Å²) in [7, 11) is -3.56. The standard InChI is InChI=1S/C25H31N3O4S/c1-3-27(4-2)33(31,32)22-14-12-21(13-15-22)28-17-20(16-23(28)29)25(30)26-24(19-10-11-19)18-8-6-5-7-9-18/h5-9,12-15,19-20,24H,3-4,10-11,16-17H2,1-2H3,(H,26,30). The fourth-order valence-electron chi connectivity index (χ4n) is 4.48. The summed E-state index contributed by atoms with van der Waals surface area (Å²) >= 11 is 0. The van der Waals surface area contributed by atoms with E-state index in [0.29, 0.717) is 31.2 Å². The summed E-state index contributed by atoms with van der Waals surface area (Å²) in [5, 5.41) is 3.18. The fraction of sp³-hybridized carbons (Fsp3) is 0.440. The number of sulfonamides is 1. The molecule has 176 valence electrons. The third-order valence-corrected chi connectivity index (χ3v) is 8.60. The van der Waals surface area contributed by atoms with Crippen LogP contribution in [-0.2, 0) is 19.6 Å². The van der Waals surface area contributed by atoms with Crippen LogP contribution in [-0.4, -0.2) is 44.2 Å². The third-order valence-electron chi connectivity index (χ3n) is 6.54. The highest BCUT2D eigenvalue weighted by Gasteiger charge is 2.39. The zero-order valence-corrected chi connectivity index (χ0v) is 19.9. The molecule has 2 aromatic rings. The quantitative estimate of drug-likeness (QED) is 0.610. The highest BCUT2D eigenvalue weighted by molar-refractivity contribution is 7.89. The molecule has 1 heterocycles. The summed E-state index contributed by atoms with van der Waals surface area (Å²) in [6.45, 7) is 4.68. The van der Waals surface area contributed by atoms with Crippen molar-refractivity contribution >= 4 is 27.5 Å². The van der Waals surface area contributed by atoms with Gasteiger partial charge in [-0.05, 0) is 48.6 Å². The molecule has 8 heteroatoms. The van der Waals surface area contributed by atoms with E-state index in [2.05, 4.69) is 5.32 Å². The molecule has 4 rings (SSSR count). The first-order chi connectivity index (χ1) is 15.8. The van der Waals surface area contributed by atoms with E-state index in [1.54, 1.807) is 30.9 Å². The molecule has 2 amide bonds. The Bertz CT molecular complexity index is 1090. The summed E-state index contributed by atoms with van der Waals surface area (Å²) in [6, 6.07) is 16.3. The Labute approximate surface area is 195 Å². The molecule has 0 spiro atoms. The van der Waals surface area contributed by atoms with Gasteiger partial charge in [-0.25, -0.2) is 8.42 Å². The van der Waals surface area contributed by atoms with Gasteiger partial charge in [0.2, 0.25) is 21.8 Å². The van der Waals surface area contributed by atoms with E-state index < -0.39 is 15.9 Å². The Kier molecular flexibility index (Phi) is 6.86. The molecule has 7 nitrogen and oxygen atoms in total. The van der Waals surface area contributed by atoms with Crippen molar-refractivity contribution in [3.05, 3.63) is 60.2 Å². The average Bonchev–Trinajstić information content (AvgIpc) is 3.59. The molecule has 1 N–H and O–H groups in total. The van der Waals surface area contributed by atoms with Crippen molar-refractivity contribution in [2.24, 2.45) is 11.8 Å². The maximum absolute atomic E-state index is 13.0. The van der Waals surface area contributed by atoms with Gasteiger partial charge in [-0.2, -0.15) is 4.31 Å². The molecule has 1 aliphatic heterocycles. The number of carbonyl (C=O) groups is 2. The normalized spacial score (nSPS) is 19.7. The predicted molar refractivity (Wildman–Crippen MR) is 127 cm³/mol. The van der Waals surface area contributed by atoms with Crippen molar-refractivity contribution < 1.29 is 18.0 Å². The zero-order chi connectivity index (χ0) is 23.6. The molecule has 2 aliphatic rings. The summed E-state index contributed by atoms with van der Waals surface area (Å²) in [6.07, 6.45) is 2.34. The fourth-order valence-corrected chi connectivity index (χ4v) is 5.94. The minimum Gasteiger partial charge on any atom is -0.349 e. The van der Waals surface area contributed by atoms with Gasteiger partial charge in [0.05, 0.1) is 16.9 Å². The molecule has 1 saturated heterocycles. The first kappa shape index (κ1) is 23.4. The number of rotatable bonds is 9. The Hall–Kier alpha value is -2.71. The Morgan fingerprint density at radius 3 is 2.27 bits per heavy atom. The molecule has 33 heavy (non-hydrogen) atoms. The van der Waals surface area contributed by atoms with Crippen LogP contribution >= 0.6 is 0 Å². The van der Waals surface area contributed by atoms with Gasteiger partial charge in [0.1, 0.15) is 0 Å². The molecule has 1 aliphatic carbocycles. The van der Waals surface area contributed by atoms with Crippen LogP contribution in [0.1, 0.15) is 44.7 Å². The smallest absolute Gasteiger partial charge is 0.243 e. The largest absolute Gasteiger partial charge is 0.349 e. The van der Waals surface area contributed by atoms with Crippen LogP contribution in [0.5, 0.6) is 0 Å². The first-order valence-electron chi connectivity index (χ1n) is 11.6. The van der Waals surface area contributed by atoms with Crippen molar-refractivity contribution in [3.8, 4) is 0 Å². The van der Waals surface area contributed by atoms with Gasteiger partial charge in [0.25, 0.3) is 0 Å². The SMILES string of the molecule is CCN(CC)S(=O)(=O)c1ccc(N2CC(C(=O)NC(c3ccccc3)C3CC3)CC2=O)cc1. The second-order valence-electron chi connectivity index (χ2n) is 8.72. The second kappa shape index (κ2) is 9.65. The van der Waals surface area contributed by atoms with Crippen LogP contribution in [0, 0.1) is 11.8 Å². The van der Waals surface area contributed by atoms with Crippen LogP contribution in [0.25, 0.3) is 0 Å². The zero-order valence-electron chi connectivity index (χ0n) is 19.1. The molecule has 1 saturated carbocycles. The van der Waals surface area contributed by atoms with E-state index in [4.69, 9.17) is 0 Å². The number of nitrogens with one attached hydrogen (secondary N) is 1. The van der Waals surface area contributed by atoms with E-state index in [0.717, 1.165) is 18.4 Å². The maximum atomic E-state index is 13.0. The molecule has 2 unspecified atom stereocenters. The molecule has 0 bridgehead atoms. The summed E-state index contributed by atoms with van der Waals surface area (Å²) in [5.41, 5.74) is 1.70. The maximum Gasteiger partial charge on any atom is 0.243 e. The van der Waals surface area contributed by atoms with Crippen LogP contribution in [0.15, 0.2) is 59.5 Å². The van der Waals surface area contributed by atoms with Crippen molar-refractivity contribution in [2.45, 2.75) is 44.0 Å². The Morgan fingerprint density at radius 1 is 1.06 bits per heavy atom. The average molecular weight is 470 g/mol. The van der Waals surface area contributed by atoms with Gasteiger partial charge in [-0.1, -0.05) is 44.2 Å². The third kappa shape index (κ3) is 4.96. The Morgan fingerprint density at radius 2 is 1.70 bits per heavy atom. The highest BCUT2D eigenvalue weighted by Crippen LogP contribution is 2.41. The number of amides is 2.